The Bertz CT molecular complexity index is 557. The number of ether oxygens (including phenoxy) is 1. The third-order valence-electron chi connectivity index (χ3n) is 2.84. The molecule has 0 aliphatic rings. The predicted molar refractivity (Wildman–Crippen MR) is 75.1 cm³/mol. The first kappa shape index (κ1) is 14.4. The van der Waals surface area contributed by atoms with E-state index >= 15 is 0 Å². The van der Waals surface area contributed by atoms with Gasteiger partial charge < -0.3 is 10.1 Å². The molecule has 5 heteroatoms. The van der Waals surface area contributed by atoms with Crippen molar-refractivity contribution in [2.45, 2.75) is 25.9 Å². The first-order valence-corrected chi connectivity index (χ1v) is 6.48. The third-order valence-corrected chi connectivity index (χ3v) is 2.84. The standard InChI is InChI=1S/C15H18FN3O/c1-10(2)19-14(12-7-6-11(16)9-18-12)15-13(20-3)5-4-8-17-15/h4-10,14,19H,1-3H3. The van der Waals surface area contributed by atoms with E-state index in [0.29, 0.717) is 11.4 Å². The quantitative estimate of drug-likeness (QED) is 0.911. The topological polar surface area (TPSA) is 47.0 Å². The molecule has 0 bridgehead atoms. The number of nitrogens with zero attached hydrogens (tertiary/aromatic N) is 2. The molecule has 0 amide bonds. The highest BCUT2D eigenvalue weighted by Crippen LogP contribution is 2.27. The van der Waals surface area contributed by atoms with Crippen LogP contribution in [0.1, 0.15) is 31.3 Å². The lowest BCUT2D eigenvalue weighted by Crippen LogP contribution is -2.30. The van der Waals surface area contributed by atoms with Gasteiger partial charge in [0.05, 0.1) is 25.0 Å². The first-order chi connectivity index (χ1) is 9.61. The van der Waals surface area contributed by atoms with Crippen molar-refractivity contribution in [3.8, 4) is 5.75 Å². The SMILES string of the molecule is COc1cccnc1C(NC(C)C)c1ccc(F)cn1. The molecule has 0 saturated heterocycles. The summed E-state index contributed by atoms with van der Waals surface area (Å²) in [5.74, 6) is 0.321. The van der Waals surface area contributed by atoms with Gasteiger partial charge in [-0.25, -0.2) is 4.39 Å². The van der Waals surface area contributed by atoms with Crippen LogP contribution in [0.5, 0.6) is 5.75 Å². The summed E-state index contributed by atoms with van der Waals surface area (Å²) >= 11 is 0. The maximum absolute atomic E-state index is 13.0. The van der Waals surface area contributed by atoms with Gasteiger partial charge in [0, 0.05) is 12.2 Å². The first-order valence-electron chi connectivity index (χ1n) is 6.48. The maximum atomic E-state index is 13.0. The number of hydrogen-bond acceptors (Lipinski definition) is 4. The van der Waals surface area contributed by atoms with Gasteiger partial charge in [0.25, 0.3) is 0 Å². The molecule has 1 unspecified atom stereocenters. The highest BCUT2D eigenvalue weighted by molar-refractivity contribution is 5.34. The lowest BCUT2D eigenvalue weighted by atomic mass is 10.1. The summed E-state index contributed by atoms with van der Waals surface area (Å²) in [6, 6.07) is 6.69. The Morgan fingerprint density at radius 3 is 2.60 bits per heavy atom. The molecule has 0 fully saturated rings. The molecule has 0 aromatic carbocycles. The highest BCUT2D eigenvalue weighted by Gasteiger charge is 2.21. The van der Waals surface area contributed by atoms with E-state index in [-0.39, 0.29) is 17.9 Å². The summed E-state index contributed by atoms with van der Waals surface area (Å²) in [5.41, 5.74) is 1.44. The van der Waals surface area contributed by atoms with E-state index in [1.165, 1.54) is 12.3 Å². The molecule has 0 aliphatic carbocycles. The second kappa shape index (κ2) is 6.43. The van der Waals surface area contributed by atoms with Gasteiger partial charge in [0.1, 0.15) is 17.3 Å². The minimum Gasteiger partial charge on any atom is -0.495 e. The van der Waals surface area contributed by atoms with Gasteiger partial charge in [-0.15, -0.1) is 0 Å². The second-order valence-electron chi connectivity index (χ2n) is 4.75. The van der Waals surface area contributed by atoms with Crippen LogP contribution in [-0.2, 0) is 0 Å². The van der Waals surface area contributed by atoms with E-state index in [2.05, 4.69) is 15.3 Å². The molecular weight excluding hydrogens is 257 g/mol. The van der Waals surface area contributed by atoms with Gasteiger partial charge in [0.2, 0.25) is 0 Å². The summed E-state index contributed by atoms with van der Waals surface area (Å²) in [5, 5.41) is 3.38. The van der Waals surface area contributed by atoms with Gasteiger partial charge in [-0.3, -0.25) is 9.97 Å². The molecular formula is C15H18FN3O. The van der Waals surface area contributed by atoms with Gasteiger partial charge in [0.15, 0.2) is 0 Å². The van der Waals surface area contributed by atoms with Crippen LogP contribution in [0, 0.1) is 5.82 Å². The third kappa shape index (κ3) is 3.30. The number of pyridine rings is 2. The summed E-state index contributed by atoms with van der Waals surface area (Å²) in [4.78, 5) is 8.53. The average Bonchev–Trinajstić information content (AvgIpc) is 2.45. The molecule has 0 radical (unpaired) electrons. The number of hydrogen-bond donors (Lipinski definition) is 1. The summed E-state index contributed by atoms with van der Waals surface area (Å²) in [6.45, 7) is 4.07. The van der Waals surface area contributed by atoms with Crippen molar-refractivity contribution >= 4 is 0 Å². The lowest BCUT2D eigenvalue weighted by Gasteiger charge is -2.22. The van der Waals surface area contributed by atoms with Crippen LogP contribution in [0.4, 0.5) is 4.39 Å². The number of aromatic nitrogens is 2. The van der Waals surface area contributed by atoms with Crippen molar-refractivity contribution in [2.75, 3.05) is 7.11 Å². The van der Waals surface area contributed by atoms with Crippen LogP contribution in [0.3, 0.4) is 0 Å². The van der Waals surface area contributed by atoms with E-state index in [4.69, 9.17) is 4.74 Å². The van der Waals surface area contributed by atoms with Crippen molar-refractivity contribution < 1.29 is 9.13 Å². The molecule has 106 valence electrons. The fourth-order valence-corrected chi connectivity index (χ4v) is 1.99. The normalized spacial score (nSPS) is 12.4. The van der Waals surface area contributed by atoms with Crippen molar-refractivity contribution in [1.29, 1.82) is 0 Å². The molecule has 20 heavy (non-hydrogen) atoms. The van der Waals surface area contributed by atoms with Crippen LogP contribution < -0.4 is 10.1 Å². The van der Waals surface area contributed by atoms with Crippen molar-refractivity contribution in [3.63, 3.8) is 0 Å². The summed E-state index contributed by atoms with van der Waals surface area (Å²) < 4.78 is 18.4. The highest BCUT2D eigenvalue weighted by atomic mass is 19.1. The zero-order chi connectivity index (χ0) is 14.5. The molecule has 4 nitrogen and oxygen atoms in total. The Morgan fingerprint density at radius 2 is 2.00 bits per heavy atom. The average molecular weight is 275 g/mol. The van der Waals surface area contributed by atoms with Gasteiger partial charge in [-0.05, 0) is 38.1 Å². The molecule has 2 heterocycles. The Labute approximate surface area is 118 Å². The zero-order valence-electron chi connectivity index (χ0n) is 11.8. The fourth-order valence-electron chi connectivity index (χ4n) is 1.99. The molecule has 2 rings (SSSR count). The maximum Gasteiger partial charge on any atom is 0.142 e. The second-order valence-corrected chi connectivity index (χ2v) is 4.75. The number of nitrogens with one attached hydrogen (secondary N) is 1. The van der Waals surface area contributed by atoms with Crippen LogP contribution >= 0.6 is 0 Å². The van der Waals surface area contributed by atoms with Crippen LogP contribution in [0.25, 0.3) is 0 Å². The monoisotopic (exact) mass is 275 g/mol. The number of halogens is 1. The Kier molecular flexibility index (Phi) is 4.63. The van der Waals surface area contributed by atoms with E-state index in [1.54, 1.807) is 19.4 Å². The van der Waals surface area contributed by atoms with Crippen LogP contribution in [0.2, 0.25) is 0 Å². The number of methoxy groups -OCH3 is 1. The van der Waals surface area contributed by atoms with Gasteiger partial charge in [-0.1, -0.05) is 0 Å². The van der Waals surface area contributed by atoms with Crippen molar-refractivity contribution in [2.24, 2.45) is 0 Å². The predicted octanol–water partition coefficient (Wildman–Crippen LogP) is 2.71. The van der Waals surface area contributed by atoms with Gasteiger partial charge >= 0.3 is 0 Å². The fraction of sp³-hybridized carbons (Fsp3) is 0.333. The summed E-state index contributed by atoms with van der Waals surface area (Å²) in [6.07, 6.45) is 2.91. The Balaban J connectivity index is 2.44. The van der Waals surface area contributed by atoms with E-state index in [1.807, 2.05) is 26.0 Å². The summed E-state index contributed by atoms with van der Waals surface area (Å²) in [7, 11) is 1.60. The minimum absolute atomic E-state index is 0.221. The lowest BCUT2D eigenvalue weighted by molar-refractivity contribution is 0.395. The van der Waals surface area contributed by atoms with Crippen molar-refractivity contribution in [3.05, 3.63) is 53.9 Å². The Morgan fingerprint density at radius 1 is 1.20 bits per heavy atom. The van der Waals surface area contributed by atoms with Crippen LogP contribution in [-0.4, -0.2) is 23.1 Å². The minimum atomic E-state index is -0.356. The zero-order valence-corrected chi connectivity index (χ0v) is 11.8. The van der Waals surface area contributed by atoms with Crippen LogP contribution in [0.15, 0.2) is 36.7 Å². The number of rotatable bonds is 5. The molecule has 0 aliphatic heterocycles. The molecule has 1 atom stereocenters. The smallest absolute Gasteiger partial charge is 0.142 e. The molecule has 0 spiro atoms. The largest absolute Gasteiger partial charge is 0.495 e. The van der Waals surface area contributed by atoms with E-state index in [0.717, 1.165) is 5.69 Å². The molecule has 1 N–H and O–H groups in total. The molecule has 2 aromatic rings. The van der Waals surface area contributed by atoms with Crippen molar-refractivity contribution in [1.82, 2.24) is 15.3 Å². The van der Waals surface area contributed by atoms with Gasteiger partial charge in [-0.2, -0.15) is 0 Å². The molecule has 0 saturated carbocycles. The molecule has 2 aromatic heterocycles. The van der Waals surface area contributed by atoms with E-state index in [9.17, 15) is 4.39 Å². The Hall–Kier alpha value is -2.01. The van der Waals surface area contributed by atoms with E-state index < -0.39 is 0 Å².